The number of nitrogens with one attached hydrogen (secondary N) is 2. The molecule has 2 N–H and O–H groups in total. The van der Waals surface area contributed by atoms with Crippen molar-refractivity contribution >= 4 is 33.7 Å². The monoisotopic (exact) mass is 465 g/mol. The summed E-state index contributed by atoms with van der Waals surface area (Å²) in [6, 6.07) is 8.15. The topological polar surface area (TPSA) is 171 Å². The molecular weight excluding hydrogens is 446 g/mol. The van der Waals surface area contributed by atoms with E-state index in [0.717, 1.165) is 18.2 Å². The fraction of sp³-hybridized carbons (Fsp3) is 0.211. The third-order valence-corrected chi connectivity index (χ3v) is 4.86. The molecule has 12 nitrogen and oxygen atoms in total. The van der Waals surface area contributed by atoms with Crippen LogP contribution >= 0.6 is 0 Å². The van der Waals surface area contributed by atoms with E-state index in [2.05, 4.69) is 5.32 Å². The Hall–Kier alpha value is -4.00. The average Bonchev–Trinajstić information content (AvgIpc) is 2.71. The van der Waals surface area contributed by atoms with Gasteiger partial charge in [-0.05, 0) is 44.2 Å². The van der Waals surface area contributed by atoms with E-state index in [4.69, 9.17) is 8.92 Å². The van der Waals surface area contributed by atoms with Crippen molar-refractivity contribution in [2.75, 3.05) is 6.61 Å². The second kappa shape index (κ2) is 10.3. The molecule has 2 aromatic rings. The van der Waals surface area contributed by atoms with Crippen molar-refractivity contribution in [3.63, 3.8) is 0 Å². The maximum absolute atomic E-state index is 12.3. The maximum atomic E-state index is 12.3. The number of nitrogens with zero attached hydrogens (tertiary/aromatic N) is 1. The highest BCUT2D eigenvalue weighted by molar-refractivity contribution is 7.87. The van der Waals surface area contributed by atoms with Crippen molar-refractivity contribution in [3.8, 4) is 5.75 Å². The summed E-state index contributed by atoms with van der Waals surface area (Å²) < 4.78 is 34.3. The number of nitro benzene ring substituents is 1. The number of rotatable bonds is 8. The van der Waals surface area contributed by atoms with Crippen molar-refractivity contribution in [2.24, 2.45) is 0 Å². The number of carbonyl (C=O) groups excluding carboxylic acids is 3. The molecule has 0 aliphatic carbocycles. The summed E-state index contributed by atoms with van der Waals surface area (Å²) >= 11 is 0. The van der Waals surface area contributed by atoms with E-state index < -0.39 is 50.1 Å². The van der Waals surface area contributed by atoms with E-state index in [1.807, 2.05) is 5.32 Å². The van der Waals surface area contributed by atoms with E-state index in [0.29, 0.717) is 0 Å². The third kappa shape index (κ3) is 7.05. The lowest BCUT2D eigenvalue weighted by Crippen LogP contribution is -2.44. The number of hydrogen-bond donors (Lipinski definition) is 2. The number of hydrogen-bond acceptors (Lipinski definition) is 9. The van der Waals surface area contributed by atoms with Crippen LogP contribution in [0.5, 0.6) is 5.75 Å². The lowest BCUT2D eigenvalue weighted by Gasteiger charge is -2.10. The molecule has 2 rings (SSSR count). The highest BCUT2D eigenvalue weighted by Gasteiger charge is 2.20. The summed E-state index contributed by atoms with van der Waals surface area (Å²) in [6.07, 6.45) is 0. The SMILES string of the molecule is CC(C)NC(=O)NC(=O)COC(=O)c1ccc(OS(=O)(=O)c2cccc([N+](=O)[O-])c2)cc1. The Kier molecular flexibility index (Phi) is 7.85. The van der Waals surface area contributed by atoms with E-state index >= 15 is 0 Å². The van der Waals surface area contributed by atoms with Gasteiger partial charge in [-0.2, -0.15) is 8.42 Å². The highest BCUT2D eigenvalue weighted by atomic mass is 32.2. The van der Waals surface area contributed by atoms with E-state index in [-0.39, 0.29) is 17.4 Å². The predicted molar refractivity (Wildman–Crippen MR) is 109 cm³/mol. The lowest BCUT2D eigenvalue weighted by molar-refractivity contribution is -0.385. The van der Waals surface area contributed by atoms with Crippen molar-refractivity contribution < 1.29 is 36.6 Å². The highest BCUT2D eigenvalue weighted by Crippen LogP contribution is 2.22. The van der Waals surface area contributed by atoms with Gasteiger partial charge in [0.1, 0.15) is 10.6 Å². The number of imide groups is 1. The van der Waals surface area contributed by atoms with Crippen molar-refractivity contribution in [1.29, 1.82) is 0 Å². The van der Waals surface area contributed by atoms with Crippen LogP contribution in [0.25, 0.3) is 0 Å². The summed E-state index contributed by atoms with van der Waals surface area (Å²) in [4.78, 5) is 44.7. The van der Waals surface area contributed by atoms with Gasteiger partial charge in [-0.1, -0.05) is 6.07 Å². The van der Waals surface area contributed by atoms with Crippen LogP contribution in [0.3, 0.4) is 0 Å². The van der Waals surface area contributed by atoms with Crippen LogP contribution in [0.1, 0.15) is 24.2 Å². The van der Waals surface area contributed by atoms with Crippen LogP contribution < -0.4 is 14.8 Å². The minimum atomic E-state index is -4.36. The van der Waals surface area contributed by atoms with Gasteiger partial charge >= 0.3 is 22.1 Å². The van der Waals surface area contributed by atoms with Crippen molar-refractivity contribution in [2.45, 2.75) is 24.8 Å². The van der Waals surface area contributed by atoms with Gasteiger partial charge < -0.3 is 14.2 Å². The Morgan fingerprint density at radius 2 is 1.75 bits per heavy atom. The van der Waals surface area contributed by atoms with Gasteiger partial charge in [-0.15, -0.1) is 0 Å². The molecule has 32 heavy (non-hydrogen) atoms. The van der Waals surface area contributed by atoms with E-state index in [9.17, 15) is 32.9 Å². The Labute approximate surface area is 182 Å². The molecule has 0 heterocycles. The minimum Gasteiger partial charge on any atom is -0.452 e. The fourth-order valence-corrected chi connectivity index (χ4v) is 3.22. The van der Waals surface area contributed by atoms with Gasteiger partial charge in [-0.25, -0.2) is 9.59 Å². The number of ether oxygens (including phenoxy) is 1. The first-order chi connectivity index (χ1) is 15.0. The molecule has 0 saturated carbocycles. The molecule has 3 amide bonds. The quantitative estimate of drug-likeness (QED) is 0.255. The number of carbonyl (C=O) groups is 3. The smallest absolute Gasteiger partial charge is 0.339 e. The van der Waals surface area contributed by atoms with E-state index in [1.54, 1.807) is 13.8 Å². The third-order valence-electron chi connectivity index (χ3n) is 3.62. The summed E-state index contributed by atoms with van der Waals surface area (Å²) in [5.74, 6) is -1.88. The lowest BCUT2D eigenvalue weighted by atomic mass is 10.2. The molecule has 0 aromatic heterocycles. The summed E-state index contributed by atoms with van der Waals surface area (Å²) in [7, 11) is -4.36. The van der Waals surface area contributed by atoms with Gasteiger partial charge in [-0.3, -0.25) is 20.2 Å². The Balaban J connectivity index is 1.97. The summed E-state index contributed by atoms with van der Waals surface area (Å²) in [6.45, 7) is 2.70. The first-order valence-electron chi connectivity index (χ1n) is 9.04. The standard InChI is InChI=1S/C19H19N3O9S/c1-12(2)20-19(25)21-17(23)11-30-18(24)13-6-8-15(9-7-13)31-32(28,29)16-5-3-4-14(10-16)22(26)27/h3-10,12H,11H2,1-2H3,(H2,20,21,23,25). The molecule has 0 unspecified atom stereocenters. The molecule has 0 saturated heterocycles. The van der Waals surface area contributed by atoms with Gasteiger partial charge in [0.15, 0.2) is 6.61 Å². The predicted octanol–water partition coefficient (Wildman–Crippen LogP) is 1.75. The number of benzene rings is 2. The molecule has 170 valence electrons. The number of esters is 1. The Bertz CT molecular complexity index is 1130. The molecule has 0 aliphatic heterocycles. The maximum Gasteiger partial charge on any atom is 0.339 e. The van der Waals surface area contributed by atoms with Gasteiger partial charge in [0.05, 0.1) is 10.5 Å². The Morgan fingerprint density at radius 3 is 2.34 bits per heavy atom. The van der Waals surface area contributed by atoms with Crippen LogP contribution in [0.15, 0.2) is 53.4 Å². The molecule has 0 fully saturated rings. The summed E-state index contributed by atoms with van der Waals surface area (Å²) in [5.41, 5.74) is -0.428. The molecule has 0 atom stereocenters. The number of non-ortho nitro benzene ring substituents is 1. The van der Waals surface area contributed by atoms with Crippen LogP contribution in [0.2, 0.25) is 0 Å². The molecule has 13 heteroatoms. The number of nitro groups is 1. The minimum absolute atomic E-state index is 0.00970. The molecule has 0 radical (unpaired) electrons. The molecule has 0 spiro atoms. The second-order valence-corrected chi connectivity index (χ2v) is 8.12. The number of urea groups is 1. The molecule has 2 aromatic carbocycles. The van der Waals surface area contributed by atoms with Gasteiger partial charge in [0, 0.05) is 18.2 Å². The van der Waals surface area contributed by atoms with Crippen LogP contribution in [0, 0.1) is 10.1 Å². The van der Waals surface area contributed by atoms with Gasteiger partial charge in [0.25, 0.3) is 11.6 Å². The van der Waals surface area contributed by atoms with Crippen molar-refractivity contribution in [1.82, 2.24) is 10.6 Å². The second-order valence-electron chi connectivity index (χ2n) is 6.57. The van der Waals surface area contributed by atoms with Crippen LogP contribution in [0.4, 0.5) is 10.5 Å². The van der Waals surface area contributed by atoms with Crippen LogP contribution in [-0.2, 0) is 19.6 Å². The van der Waals surface area contributed by atoms with E-state index in [1.165, 1.54) is 30.3 Å². The Morgan fingerprint density at radius 1 is 1.09 bits per heavy atom. The first-order valence-corrected chi connectivity index (χ1v) is 10.5. The largest absolute Gasteiger partial charge is 0.452 e. The first kappa shape index (κ1) is 24.3. The molecular formula is C19H19N3O9S. The zero-order valence-corrected chi connectivity index (χ0v) is 17.7. The summed E-state index contributed by atoms with van der Waals surface area (Å²) in [5, 5.41) is 15.2. The normalized spacial score (nSPS) is 10.8. The average molecular weight is 465 g/mol. The molecule has 0 aliphatic rings. The molecule has 0 bridgehead atoms. The van der Waals surface area contributed by atoms with Gasteiger partial charge in [0.2, 0.25) is 0 Å². The van der Waals surface area contributed by atoms with Crippen LogP contribution in [-0.4, -0.2) is 43.9 Å². The zero-order valence-electron chi connectivity index (χ0n) is 16.9. The zero-order chi connectivity index (χ0) is 23.9. The van der Waals surface area contributed by atoms with Crippen molar-refractivity contribution in [3.05, 3.63) is 64.2 Å². The fourth-order valence-electron chi connectivity index (χ4n) is 2.25. The number of amides is 3.